The highest BCUT2D eigenvalue weighted by atomic mass is 16.3. The van der Waals surface area contributed by atoms with Gasteiger partial charge >= 0.3 is 0 Å². The number of anilines is 1. The number of nitrogens with zero attached hydrogens (tertiary/aromatic N) is 1. The van der Waals surface area contributed by atoms with Crippen molar-refractivity contribution in [3.63, 3.8) is 0 Å². The van der Waals surface area contributed by atoms with Crippen molar-refractivity contribution in [2.24, 2.45) is 0 Å². The zero-order valence-corrected chi connectivity index (χ0v) is 9.51. The molecule has 90 valence electrons. The average Bonchev–Trinajstić information content (AvgIpc) is 2.33. The summed E-state index contributed by atoms with van der Waals surface area (Å²) in [6, 6.07) is 6.79. The van der Waals surface area contributed by atoms with Gasteiger partial charge in [-0.15, -0.1) is 0 Å². The second kappa shape index (κ2) is 4.55. The molecule has 1 aliphatic heterocycles. The average molecular weight is 234 g/mol. The summed E-state index contributed by atoms with van der Waals surface area (Å²) in [6.07, 6.45) is 0. The highest BCUT2D eigenvalue weighted by Gasteiger charge is 2.31. The molecule has 0 saturated carbocycles. The lowest BCUT2D eigenvalue weighted by Crippen LogP contribution is -2.57. The number of nitrogens with one attached hydrogen (secondary N) is 1. The van der Waals surface area contributed by atoms with Crippen molar-refractivity contribution in [3.05, 3.63) is 29.8 Å². The molecule has 1 heterocycles. The first kappa shape index (κ1) is 11.6. The number of rotatable bonds is 2. The summed E-state index contributed by atoms with van der Waals surface area (Å²) in [5.41, 5.74) is 1.44. The molecular weight excluding hydrogens is 220 g/mol. The molecule has 5 nitrogen and oxygen atoms in total. The quantitative estimate of drug-likeness (QED) is 0.708. The number of aliphatic hydroxyl groups excluding tert-OH is 1. The van der Waals surface area contributed by atoms with Crippen LogP contribution in [0.5, 0.6) is 0 Å². The van der Waals surface area contributed by atoms with Gasteiger partial charge in [-0.2, -0.15) is 0 Å². The molecule has 1 saturated heterocycles. The van der Waals surface area contributed by atoms with E-state index in [1.54, 1.807) is 24.0 Å². The Morgan fingerprint density at radius 2 is 2.12 bits per heavy atom. The van der Waals surface area contributed by atoms with E-state index in [2.05, 4.69) is 5.32 Å². The van der Waals surface area contributed by atoms with E-state index in [1.165, 1.54) is 0 Å². The maximum absolute atomic E-state index is 11.6. The number of carbonyl (C=O) groups excluding carboxylic acids is 2. The van der Waals surface area contributed by atoms with Crippen molar-refractivity contribution in [3.8, 4) is 0 Å². The van der Waals surface area contributed by atoms with Crippen molar-refractivity contribution in [2.75, 3.05) is 11.4 Å². The topological polar surface area (TPSA) is 69.6 Å². The molecule has 1 atom stereocenters. The molecular formula is C12H14N2O3. The lowest BCUT2D eigenvalue weighted by atomic mass is 10.1. The Kier molecular flexibility index (Phi) is 3.10. The number of hydrogen-bond donors (Lipinski definition) is 2. The van der Waals surface area contributed by atoms with Crippen molar-refractivity contribution in [2.45, 2.75) is 19.6 Å². The van der Waals surface area contributed by atoms with Gasteiger partial charge in [0, 0.05) is 11.3 Å². The first-order valence-corrected chi connectivity index (χ1v) is 5.42. The number of carbonyl (C=O) groups is 2. The Balaban J connectivity index is 2.37. The molecule has 0 aliphatic carbocycles. The van der Waals surface area contributed by atoms with Crippen LogP contribution in [-0.4, -0.2) is 29.5 Å². The van der Waals surface area contributed by atoms with E-state index in [4.69, 9.17) is 0 Å². The van der Waals surface area contributed by atoms with Crippen LogP contribution >= 0.6 is 0 Å². The maximum Gasteiger partial charge on any atom is 0.249 e. The Bertz CT molecular complexity index is 459. The van der Waals surface area contributed by atoms with Crippen molar-refractivity contribution >= 4 is 17.5 Å². The molecule has 0 aromatic heterocycles. The molecule has 1 unspecified atom stereocenters. The van der Waals surface area contributed by atoms with Gasteiger partial charge in [0.2, 0.25) is 11.8 Å². The fourth-order valence-electron chi connectivity index (χ4n) is 1.93. The lowest BCUT2D eigenvalue weighted by molar-refractivity contribution is -0.132. The van der Waals surface area contributed by atoms with Gasteiger partial charge in [0.15, 0.2) is 0 Å². The zero-order chi connectivity index (χ0) is 12.4. The van der Waals surface area contributed by atoms with E-state index >= 15 is 0 Å². The summed E-state index contributed by atoms with van der Waals surface area (Å²) >= 11 is 0. The smallest absolute Gasteiger partial charge is 0.249 e. The standard InChI is InChI=1S/C12H14N2O3/c1-8-12(17)13-11(16)6-14(8)10-5-3-2-4-9(10)7-15/h2-5,8,15H,6-7H2,1H3,(H,13,16,17). The predicted molar refractivity (Wildman–Crippen MR) is 62.3 cm³/mol. The molecule has 1 fully saturated rings. The van der Waals surface area contributed by atoms with E-state index in [-0.39, 0.29) is 25.0 Å². The van der Waals surface area contributed by atoms with Crippen molar-refractivity contribution in [1.82, 2.24) is 5.32 Å². The van der Waals surface area contributed by atoms with Crippen LogP contribution in [0.25, 0.3) is 0 Å². The second-order valence-corrected chi connectivity index (χ2v) is 4.00. The zero-order valence-electron chi connectivity index (χ0n) is 9.51. The number of hydrogen-bond acceptors (Lipinski definition) is 4. The Morgan fingerprint density at radius 3 is 2.82 bits per heavy atom. The molecule has 17 heavy (non-hydrogen) atoms. The molecule has 0 bridgehead atoms. The van der Waals surface area contributed by atoms with Crippen LogP contribution in [0.3, 0.4) is 0 Å². The SMILES string of the molecule is CC1C(=O)NC(=O)CN1c1ccccc1CO. The third-order valence-electron chi connectivity index (χ3n) is 2.89. The molecule has 2 amide bonds. The Morgan fingerprint density at radius 1 is 1.41 bits per heavy atom. The Hall–Kier alpha value is -1.88. The Labute approximate surface area is 99.0 Å². The van der Waals surface area contributed by atoms with Crippen LogP contribution in [0.15, 0.2) is 24.3 Å². The van der Waals surface area contributed by atoms with Gasteiger partial charge in [0.25, 0.3) is 0 Å². The normalized spacial score (nSPS) is 20.4. The fourth-order valence-corrected chi connectivity index (χ4v) is 1.93. The third kappa shape index (κ3) is 2.14. The van der Waals surface area contributed by atoms with Crippen molar-refractivity contribution < 1.29 is 14.7 Å². The first-order chi connectivity index (χ1) is 8.13. The highest BCUT2D eigenvalue weighted by Crippen LogP contribution is 2.23. The molecule has 0 spiro atoms. The minimum Gasteiger partial charge on any atom is -0.392 e. The summed E-state index contributed by atoms with van der Waals surface area (Å²) in [4.78, 5) is 24.6. The summed E-state index contributed by atoms with van der Waals surface area (Å²) in [5.74, 6) is -0.630. The molecule has 2 N–H and O–H groups in total. The van der Waals surface area contributed by atoms with Gasteiger partial charge in [-0.25, -0.2) is 0 Å². The van der Waals surface area contributed by atoms with Crippen LogP contribution in [0.2, 0.25) is 0 Å². The van der Waals surface area contributed by atoms with E-state index in [1.807, 2.05) is 12.1 Å². The van der Waals surface area contributed by atoms with Gasteiger partial charge in [0.1, 0.15) is 6.04 Å². The monoisotopic (exact) mass is 234 g/mol. The van der Waals surface area contributed by atoms with Gasteiger partial charge in [0.05, 0.1) is 13.2 Å². The molecule has 1 aromatic rings. The number of imide groups is 1. The van der Waals surface area contributed by atoms with Crippen LogP contribution in [0.1, 0.15) is 12.5 Å². The summed E-state index contributed by atoms with van der Waals surface area (Å²) < 4.78 is 0. The highest BCUT2D eigenvalue weighted by molar-refractivity contribution is 6.04. The van der Waals surface area contributed by atoms with Crippen LogP contribution in [-0.2, 0) is 16.2 Å². The number of para-hydroxylation sites is 1. The largest absolute Gasteiger partial charge is 0.392 e. The molecule has 0 radical (unpaired) electrons. The maximum atomic E-state index is 11.6. The van der Waals surface area contributed by atoms with Crippen LogP contribution in [0.4, 0.5) is 5.69 Å². The van der Waals surface area contributed by atoms with E-state index < -0.39 is 6.04 Å². The summed E-state index contributed by atoms with van der Waals surface area (Å²) in [5, 5.41) is 11.5. The molecule has 1 aliphatic rings. The minimum absolute atomic E-state index is 0.116. The van der Waals surface area contributed by atoms with Gasteiger partial charge < -0.3 is 10.0 Å². The van der Waals surface area contributed by atoms with Gasteiger partial charge in [-0.05, 0) is 13.0 Å². The molecule has 5 heteroatoms. The van der Waals surface area contributed by atoms with Gasteiger partial charge in [-0.3, -0.25) is 14.9 Å². The first-order valence-electron chi connectivity index (χ1n) is 5.42. The van der Waals surface area contributed by atoms with Gasteiger partial charge in [-0.1, -0.05) is 18.2 Å². The van der Waals surface area contributed by atoms with E-state index in [0.29, 0.717) is 5.56 Å². The lowest BCUT2D eigenvalue weighted by Gasteiger charge is -2.34. The summed E-state index contributed by atoms with van der Waals surface area (Å²) in [7, 11) is 0. The molecule has 1 aromatic carbocycles. The number of aliphatic hydroxyl groups is 1. The third-order valence-corrected chi connectivity index (χ3v) is 2.89. The van der Waals surface area contributed by atoms with Crippen molar-refractivity contribution in [1.29, 1.82) is 0 Å². The number of amides is 2. The number of benzene rings is 1. The van der Waals surface area contributed by atoms with E-state index in [9.17, 15) is 14.7 Å². The van der Waals surface area contributed by atoms with Crippen LogP contribution < -0.4 is 10.2 Å². The minimum atomic E-state index is -0.416. The second-order valence-electron chi connectivity index (χ2n) is 4.00. The fraction of sp³-hybridized carbons (Fsp3) is 0.333. The number of piperazine rings is 1. The van der Waals surface area contributed by atoms with E-state index in [0.717, 1.165) is 5.69 Å². The predicted octanol–water partition coefficient (Wildman–Crippen LogP) is 0.0302. The molecule has 2 rings (SSSR count). The summed E-state index contributed by atoms with van der Waals surface area (Å²) in [6.45, 7) is 1.75. The van der Waals surface area contributed by atoms with Crippen LogP contribution in [0, 0.1) is 0 Å².